The average Bonchev–Trinajstić information content (AvgIpc) is 2.77. The SMILES string of the molecule is CC(C)C.CC(C)C1C=CC=CC1.CC(C)C1C=CC=CC1.CO[Si](OC)(OC)C(C)C. The van der Waals surface area contributed by atoms with Crippen molar-refractivity contribution in [3.8, 4) is 0 Å². The Balaban J connectivity index is 0. The van der Waals surface area contributed by atoms with E-state index in [2.05, 4.69) is 97.1 Å². The van der Waals surface area contributed by atoms with Crippen molar-refractivity contribution in [1.29, 1.82) is 0 Å². The molecule has 4 heteroatoms. The zero-order valence-corrected chi connectivity index (χ0v) is 24.2. The highest BCUT2D eigenvalue weighted by Crippen LogP contribution is 2.22. The largest absolute Gasteiger partial charge is 0.502 e. The lowest BCUT2D eigenvalue weighted by Crippen LogP contribution is -2.45. The summed E-state index contributed by atoms with van der Waals surface area (Å²) in [6, 6.07) is 0. The highest BCUT2D eigenvalue weighted by Gasteiger charge is 2.41. The molecule has 0 saturated heterocycles. The maximum absolute atomic E-state index is 5.19. The summed E-state index contributed by atoms with van der Waals surface area (Å²) in [7, 11) is 2.58. The molecule has 0 aliphatic heterocycles. The molecule has 0 aromatic rings. The van der Waals surface area contributed by atoms with Crippen molar-refractivity contribution in [3.63, 3.8) is 0 Å². The van der Waals surface area contributed by atoms with Gasteiger partial charge in [-0.1, -0.05) is 111 Å². The molecule has 32 heavy (non-hydrogen) atoms. The summed E-state index contributed by atoms with van der Waals surface area (Å²) in [5.41, 5.74) is 0.312. The normalized spacial score (nSPS) is 19.4. The number of allylic oxidation sites excluding steroid dienone is 8. The maximum atomic E-state index is 5.19. The van der Waals surface area contributed by atoms with E-state index in [0.717, 1.165) is 29.6 Å². The van der Waals surface area contributed by atoms with Gasteiger partial charge in [0.05, 0.1) is 0 Å². The monoisotopic (exact) mass is 466 g/mol. The highest BCUT2D eigenvalue weighted by atomic mass is 28.4. The van der Waals surface area contributed by atoms with Gasteiger partial charge in [-0.3, -0.25) is 0 Å². The van der Waals surface area contributed by atoms with E-state index in [9.17, 15) is 0 Å². The molecule has 2 aliphatic carbocycles. The number of hydrogen-bond acceptors (Lipinski definition) is 3. The maximum Gasteiger partial charge on any atom is 0.502 e. The Labute approximate surface area is 202 Å². The van der Waals surface area contributed by atoms with Gasteiger partial charge in [0.1, 0.15) is 0 Å². The first-order valence-electron chi connectivity index (χ1n) is 12.3. The topological polar surface area (TPSA) is 27.7 Å². The average molecular weight is 467 g/mol. The Morgan fingerprint density at radius 3 is 1.00 bits per heavy atom. The smallest absolute Gasteiger partial charge is 0.377 e. The summed E-state index contributed by atoms with van der Waals surface area (Å²) in [4.78, 5) is 0. The molecule has 2 aliphatic rings. The van der Waals surface area contributed by atoms with Crippen LogP contribution in [0.5, 0.6) is 0 Å². The summed E-state index contributed by atoms with van der Waals surface area (Å²) >= 11 is 0. The van der Waals surface area contributed by atoms with Crippen molar-refractivity contribution < 1.29 is 13.3 Å². The van der Waals surface area contributed by atoms with Crippen LogP contribution in [0.25, 0.3) is 0 Å². The minimum atomic E-state index is -2.29. The number of rotatable bonds is 6. The van der Waals surface area contributed by atoms with Gasteiger partial charge in [-0.15, -0.1) is 0 Å². The minimum absolute atomic E-state index is 0.312. The van der Waals surface area contributed by atoms with E-state index < -0.39 is 8.80 Å². The van der Waals surface area contributed by atoms with Crippen molar-refractivity contribution in [2.45, 2.75) is 80.7 Å². The summed E-state index contributed by atoms with van der Waals surface area (Å²) in [6.45, 7) is 19.6. The van der Waals surface area contributed by atoms with Crippen LogP contribution in [0.4, 0.5) is 0 Å². The molecule has 0 aromatic heterocycles. The van der Waals surface area contributed by atoms with Crippen molar-refractivity contribution in [1.82, 2.24) is 0 Å². The lowest BCUT2D eigenvalue weighted by atomic mass is 9.90. The fraction of sp³-hybridized carbons (Fsp3) is 0.714. The second-order valence-corrected chi connectivity index (χ2v) is 13.6. The van der Waals surface area contributed by atoms with E-state index in [1.807, 2.05) is 13.8 Å². The fourth-order valence-electron chi connectivity index (χ4n) is 3.15. The first-order valence-corrected chi connectivity index (χ1v) is 14.1. The van der Waals surface area contributed by atoms with Crippen molar-refractivity contribution in [2.75, 3.05) is 21.3 Å². The molecule has 2 rings (SSSR count). The van der Waals surface area contributed by atoms with Gasteiger partial charge < -0.3 is 13.3 Å². The summed E-state index contributed by atoms with van der Waals surface area (Å²) in [5.74, 6) is 4.00. The molecule has 0 radical (unpaired) electrons. The predicted octanol–water partition coefficient (Wildman–Crippen LogP) is 8.49. The zero-order valence-electron chi connectivity index (χ0n) is 23.2. The Morgan fingerprint density at radius 2 is 0.906 bits per heavy atom. The molecule has 3 nitrogen and oxygen atoms in total. The first kappa shape index (κ1) is 33.2. The predicted molar refractivity (Wildman–Crippen MR) is 145 cm³/mol. The summed E-state index contributed by atoms with van der Waals surface area (Å²) in [6.07, 6.45) is 20.1. The third kappa shape index (κ3) is 15.8. The van der Waals surface area contributed by atoms with Crippen LogP contribution in [-0.2, 0) is 13.3 Å². The molecule has 0 saturated carbocycles. The van der Waals surface area contributed by atoms with Crippen LogP contribution in [0.1, 0.15) is 75.2 Å². The van der Waals surface area contributed by atoms with Crippen LogP contribution < -0.4 is 0 Å². The van der Waals surface area contributed by atoms with E-state index in [1.54, 1.807) is 21.3 Å². The van der Waals surface area contributed by atoms with Crippen LogP contribution in [0.3, 0.4) is 0 Å². The Hall–Kier alpha value is -0.943. The number of hydrogen-bond donors (Lipinski definition) is 0. The van der Waals surface area contributed by atoms with Crippen molar-refractivity contribution in [2.24, 2.45) is 29.6 Å². The first-order chi connectivity index (χ1) is 15.0. The van der Waals surface area contributed by atoms with E-state index >= 15 is 0 Å². The van der Waals surface area contributed by atoms with Gasteiger partial charge in [0.15, 0.2) is 0 Å². The second kappa shape index (κ2) is 19.5. The molecular formula is C28H54O3Si. The molecule has 2 atom stereocenters. The summed E-state index contributed by atoms with van der Waals surface area (Å²) in [5, 5.41) is 0. The van der Waals surface area contributed by atoms with Gasteiger partial charge >= 0.3 is 8.80 Å². The molecular weight excluding hydrogens is 412 g/mol. The van der Waals surface area contributed by atoms with E-state index in [1.165, 1.54) is 12.8 Å². The van der Waals surface area contributed by atoms with Crippen LogP contribution >= 0.6 is 0 Å². The lowest BCUT2D eigenvalue weighted by Gasteiger charge is -2.27. The van der Waals surface area contributed by atoms with E-state index in [4.69, 9.17) is 13.3 Å². The van der Waals surface area contributed by atoms with E-state index in [0.29, 0.717) is 5.54 Å². The van der Waals surface area contributed by atoms with Gasteiger partial charge in [0.25, 0.3) is 0 Å². The Bertz CT molecular complexity index is 496. The molecule has 0 heterocycles. The van der Waals surface area contributed by atoms with Gasteiger partial charge in [0.2, 0.25) is 0 Å². The van der Waals surface area contributed by atoms with Gasteiger partial charge in [0, 0.05) is 26.9 Å². The zero-order chi connectivity index (χ0) is 25.2. The molecule has 0 fully saturated rings. The fourth-order valence-corrected chi connectivity index (χ4v) is 5.06. The van der Waals surface area contributed by atoms with Gasteiger partial charge in [-0.05, 0) is 42.4 Å². The highest BCUT2D eigenvalue weighted by molar-refractivity contribution is 6.62. The molecule has 0 aromatic carbocycles. The molecule has 2 unspecified atom stereocenters. The molecule has 188 valence electrons. The Kier molecular flexibility index (Phi) is 20.3. The Morgan fingerprint density at radius 1 is 0.594 bits per heavy atom. The third-order valence-electron chi connectivity index (χ3n) is 5.30. The van der Waals surface area contributed by atoms with Crippen LogP contribution in [0, 0.1) is 29.6 Å². The van der Waals surface area contributed by atoms with Gasteiger partial charge in [-0.2, -0.15) is 0 Å². The molecule has 0 amide bonds. The lowest BCUT2D eigenvalue weighted by molar-refractivity contribution is 0.115. The molecule has 0 bridgehead atoms. The van der Waals surface area contributed by atoms with E-state index in [-0.39, 0.29) is 0 Å². The third-order valence-corrected chi connectivity index (χ3v) is 8.42. The van der Waals surface area contributed by atoms with Crippen molar-refractivity contribution in [3.05, 3.63) is 48.6 Å². The van der Waals surface area contributed by atoms with Crippen LogP contribution in [0.15, 0.2) is 48.6 Å². The molecule has 0 spiro atoms. The summed E-state index contributed by atoms with van der Waals surface area (Å²) < 4.78 is 15.6. The second-order valence-electron chi connectivity index (χ2n) is 10.0. The quantitative estimate of drug-likeness (QED) is 0.367. The van der Waals surface area contributed by atoms with Gasteiger partial charge in [-0.25, -0.2) is 0 Å². The van der Waals surface area contributed by atoms with Crippen LogP contribution in [-0.4, -0.2) is 30.1 Å². The minimum Gasteiger partial charge on any atom is -0.377 e. The van der Waals surface area contributed by atoms with Crippen LogP contribution in [0.2, 0.25) is 5.54 Å². The standard InChI is InChI=1S/2C9H14.C6H16O3Si.C4H10/c2*1-8(2)9-6-4-3-5-7-9;1-6(2)10(7-3,8-4)9-5;1-4(2)3/h2*3-6,8-9H,7H2,1-2H3;6H,1-5H3;4H,1-3H3. The molecule has 0 N–H and O–H groups in total. The van der Waals surface area contributed by atoms with Crippen molar-refractivity contribution >= 4 is 8.80 Å².